The van der Waals surface area contributed by atoms with Crippen LogP contribution in [-0.2, 0) is 18.7 Å². The van der Waals surface area contributed by atoms with Gasteiger partial charge in [0.1, 0.15) is 11.6 Å². The van der Waals surface area contributed by atoms with Crippen molar-refractivity contribution >= 4 is 17.7 Å². The van der Waals surface area contributed by atoms with Crippen LogP contribution in [0.25, 0.3) is 0 Å². The molecule has 3 N–H and O–H groups in total. The molecule has 0 spiro atoms. The van der Waals surface area contributed by atoms with Crippen LogP contribution in [0.1, 0.15) is 41.4 Å². The maximum atomic E-state index is 11.3. The highest BCUT2D eigenvalue weighted by molar-refractivity contribution is 7.98. The lowest BCUT2D eigenvalue weighted by Crippen LogP contribution is -2.29. The van der Waals surface area contributed by atoms with Crippen LogP contribution in [0.5, 0.6) is 0 Å². The summed E-state index contributed by atoms with van der Waals surface area (Å²) in [6.45, 7) is 0.976. The molecule has 7 nitrogen and oxygen atoms in total. The molecular formula is C13H17N5O2S. The van der Waals surface area contributed by atoms with E-state index in [1.54, 1.807) is 23.9 Å². The quantitative estimate of drug-likeness (QED) is 0.384. The number of amides is 1. The molecule has 2 aromatic rings. The van der Waals surface area contributed by atoms with Gasteiger partial charge in [0.25, 0.3) is 0 Å². The third-order valence-corrected chi connectivity index (χ3v) is 4.42. The van der Waals surface area contributed by atoms with E-state index in [9.17, 15) is 4.79 Å². The molecule has 1 aliphatic heterocycles. The molecule has 112 valence electrons. The molecule has 21 heavy (non-hydrogen) atoms. The number of aryl methyl sites for hydroxylation is 1. The number of furan rings is 1. The zero-order chi connectivity index (χ0) is 14.7. The Morgan fingerprint density at radius 2 is 2.29 bits per heavy atom. The number of nitrogens with one attached hydrogen (secondary N) is 1. The first-order chi connectivity index (χ1) is 10.3. The van der Waals surface area contributed by atoms with Gasteiger partial charge in [-0.3, -0.25) is 10.2 Å². The van der Waals surface area contributed by atoms with E-state index in [0.717, 1.165) is 23.9 Å². The summed E-state index contributed by atoms with van der Waals surface area (Å²) in [5, 5.41) is 9.41. The van der Waals surface area contributed by atoms with Gasteiger partial charge in [0.05, 0.1) is 5.75 Å². The fourth-order valence-corrected chi connectivity index (χ4v) is 3.23. The summed E-state index contributed by atoms with van der Waals surface area (Å²) in [7, 11) is 0. The highest BCUT2D eigenvalue weighted by Gasteiger charge is 2.16. The van der Waals surface area contributed by atoms with Crippen LogP contribution >= 0.6 is 11.8 Å². The first-order valence-corrected chi connectivity index (χ1v) is 7.91. The Morgan fingerprint density at radius 3 is 3.14 bits per heavy atom. The van der Waals surface area contributed by atoms with Crippen LogP contribution in [0, 0.1) is 0 Å². The van der Waals surface area contributed by atoms with E-state index < -0.39 is 5.91 Å². The van der Waals surface area contributed by atoms with Crippen molar-refractivity contribution in [3.05, 3.63) is 29.5 Å². The van der Waals surface area contributed by atoms with Crippen molar-refractivity contribution < 1.29 is 9.21 Å². The number of nitrogens with two attached hydrogens (primary N) is 1. The summed E-state index contributed by atoms with van der Waals surface area (Å²) in [4.78, 5) is 11.3. The minimum Gasteiger partial charge on any atom is -0.455 e. The molecule has 0 bridgehead atoms. The second kappa shape index (κ2) is 6.31. The van der Waals surface area contributed by atoms with Gasteiger partial charge < -0.3 is 8.98 Å². The average Bonchev–Trinajstić information content (AvgIpc) is 3.05. The lowest BCUT2D eigenvalue weighted by atomic mass is 10.2. The Kier molecular flexibility index (Phi) is 4.26. The molecule has 0 aliphatic carbocycles. The highest BCUT2D eigenvalue weighted by Crippen LogP contribution is 2.25. The molecule has 8 heteroatoms. The van der Waals surface area contributed by atoms with E-state index in [1.807, 2.05) is 5.43 Å². The van der Waals surface area contributed by atoms with Gasteiger partial charge in [-0.1, -0.05) is 18.2 Å². The van der Waals surface area contributed by atoms with Crippen molar-refractivity contribution in [1.82, 2.24) is 20.2 Å². The highest BCUT2D eigenvalue weighted by atomic mass is 32.2. The van der Waals surface area contributed by atoms with Crippen LogP contribution in [0.4, 0.5) is 0 Å². The Balaban J connectivity index is 1.66. The summed E-state index contributed by atoms with van der Waals surface area (Å²) in [5.41, 5.74) is 2.05. The average molecular weight is 307 g/mol. The second-order valence-corrected chi connectivity index (χ2v) is 5.83. The van der Waals surface area contributed by atoms with Gasteiger partial charge in [-0.2, -0.15) is 0 Å². The number of hydrazine groups is 1. The van der Waals surface area contributed by atoms with Crippen LogP contribution in [-0.4, -0.2) is 20.7 Å². The zero-order valence-corrected chi connectivity index (χ0v) is 12.4. The number of hydrogen-bond donors (Lipinski definition) is 2. The lowest BCUT2D eigenvalue weighted by Gasteiger charge is -2.05. The molecule has 0 radical (unpaired) electrons. The lowest BCUT2D eigenvalue weighted by molar-refractivity contribution is 0.0924. The molecule has 3 heterocycles. The molecule has 0 saturated carbocycles. The maximum Gasteiger partial charge on any atom is 0.300 e. The number of thioether (sulfide) groups is 1. The van der Waals surface area contributed by atoms with Crippen molar-refractivity contribution in [2.24, 2.45) is 5.84 Å². The van der Waals surface area contributed by atoms with Crippen LogP contribution in [0.3, 0.4) is 0 Å². The Morgan fingerprint density at radius 1 is 1.38 bits per heavy atom. The molecular weight excluding hydrogens is 290 g/mol. The summed E-state index contributed by atoms with van der Waals surface area (Å²) in [5.74, 6) is 7.24. The predicted octanol–water partition coefficient (Wildman–Crippen LogP) is 1.49. The van der Waals surface area contributed by atoms with E-state index in [4.69, 9.17) is 10.3 Å². The number of carbonyl (C=O) groups is 1. The Bertz CT molecular complexity index is 636. The van der Waals surface area contributed by atoms with E-state index in [0.29, 0.717) is 11.5 Å². The van der Waals surface area contributed by atoms with Gasteiger partial charge in [-0.15, -0.1) is 10.2 Å². The van der Waals surface area contributed by atoms with E-state index >= 15 is 0 Å². The molecule has 1 amide bonds. The Labute approximate surface area is 126 Å². The van der Waals surface area contributed by atoms with Gasteiger partial charge in [-0.05, 0) is 25.0 Å². The second-order valence-electron chi connectivity index (χ2n) is 4.89. The van der Waals surface area contributed by atoms with E-state index in [2.05, 4.69) is 14.8 Å². The van der Waals surface area contributed by atoms with Gasteiger partial charge in [0, 0.05) is 13.0 Å². The molecule has 2 aromatic heterocycles. The number of hydrogen-bond acceptors (Lipinski definition) is 6. The standard InChI is InChI=1S/C13H17N5O2S/c14-15-12(19)10-6-5-9(20-10)8-21-13-17-16-11-4-2-1-3-7-18(11)13/h5-6H,1-4,7-8,14H2,(H,15,19). The zero-order valence-electron chi connectivity index (χ0n) is 11.5. The summed E-state index contributed by atoms with van der Waals surface area (Å²) in [6.07, 6.45) is 4.58. The number of aromatic nitrogens is 3. The topological polar surface area (TPSA) is 99.0 Å². The predicted molar refractivity (Wildman–Crippen MR) is 77.5 cm³/mol. The SMILES string of the molecule is NNC(=O)c1ccc(CSc2nnc3n2CCCCC3)o1. The van der Waals surface area contributed by atoms with E-state index in [-0.39, 0.29) is 5.76 Å². The summed E-state index contributed by atoms with van der Waals surface area (Å²) in [6, 6.07) is 3.39. The van der Waals surface area contributed by atoms with Crippen molar-refractivity contribution in [2.45, 2.75) is 43.1 Å². The van der Waals surface area contributed by atoms with Gasteiger partial charge in [0.15, 0.2) is 10.9 Å². The minimum absolute atomic E-state index is 0.216. The summed E-state index contributed by atoms with van der Waals surface area (Å²) >= 11 is 1.57. The molecule has 0 unspecified atom stereocenters. The molecule has 0 atom stereocenters. The fraction of sp³-hybridized carbons (Fsp3) is 0.462. The number of rotatable bonds is 4. The monoisotopic (exact) mass is 307 g/mol. The summed E-state index contributed by atoms with van der Waals surface area (Å²) < 4.78 is 7.62. The van der Waals surface area contributed by atoms with E-state index in [1.165, 1.54) is 19.3 Å². The Hall–Kier alpha value is -1.80. The van der Waals surface area contributed by atoms with Crippen LogP contribution in [0.2, 0.25) is 0 Å². The fourth-order valence-electron chi connectivity index (χ4n) is 2.35. The van der Waals surface area contributed by atoms with Crippen LogP contribution < -0.4 is 11.3 Å². The number of nitrogen functional groups attached to an aromatic ring is 1. The van der Waals surface area contributed by atoms with Crippen molar-refractivity contribution in [1.29, 1.82) is 0 Å². The molecule has 0 saturated heterocycles. The molecule has 0 fully saturated rings. The normalized spacial score (nSPS) is 14.5. The first kappa shape index (κ1) is 14.2. The van der Waals surface area contributed by atoms with Gasteiger partial charge in [-0.25, -0.2) is 5.84 Å². The number of carbonyl (C=O) groups excluding carboxylic acids is 1. The largest absolute Gasteiger partial charge is 0.455 e. The first-order valence-electron chi connectivity index (χ1n) is 6.92. The van der Waals surface area contributed by atoms with Crippen molar-refractivity contribution in [3.63, 3.8) is 0 Å². The van der Waals surface area contributed by atoms with Gasteiger partial charge >= 0.3 is 5.91 Å². The number of nitrogens with zero attached hydrogens (tertiary/aromatic N) is 3. The molecule has 0 aromatic carbocycles. The minimum atomic E-state index is -0.428. The number of fused-ring (bicyclic) bond motifs is 1. The smallest absolute Gasteiger partial charge is 0.300 e. The van der Waals surface area contributed by atoms with Crippen LogP contribution in [0.15, 0.2) is 21.7 Å². The van der Waals surface area contributed by atoms with Crippen molar-refractivity contribution in [2.75, 3.05) is 0 Å². The van der Waals surface area contributed by atoms with Gasteiger partial charge in [0.2, 0.25) is 0 Å². The molecule has 1 aliphatic rings. The third-order valence-electron chi connectivity index (χ3n) is 3.44. The third kappa shape index (κ3) is 3.11. The molecule has 3 rings (SSSR count). The maximum absolute atomic E-state index is 11.3. The van der Waals surface area contributed by atoms with Crippen molar-refractivity contribution in [3.8, 4) is 0 Å².